The van der Waals surface area contributed by atoms with E-state index in [1.165, 1.54) is 0 Å². The van der Waals surface area contributed by atoms with Gasteiger partial charge in [-0.25, -0.2) is 0 Å². The molecule has 1 saturated heterocycles. The van der Waals surface area contributed by atoms with E-state index < -0.39 is 12.8 Å². The molecule has 1 heterocycles. The summed E-state index contributed by atoms with van der Waals surface area (Å²) in [6, 6.07) is 9.29. The van der Waals surface area contributed by atoms with Crippen molar-refractivity contribution in [3.05, 3.63) is 35.9 Å². The van der Waals surface area contributed by atoms with Crippen LogP contribution in [0.2, 0.25) is 0 Å². The molecule has 1 N–H and O–H groups in total. The predicted molar refractivity (Wildman–Crippen MR) is 48.2 cm³/mol. The SMILES string of the molecule is OCOC1(c2ccccc2)OCCO1. The molecule has 0 aromatic heterocycles. The zero-order valence-electron chi connectivity index (χ0n) is 7.68. The molecule has 0 aliphatic carbocycles. The molecule has 0 atom stereocenters. The van der Waals surface area contributed by atoms with E-state index in [1.807, 2.05) is 30.3 Å². The van der Waals surface area contributed by atoms with Crippen molar-refractivity contribution in [3.63, 3.8) is 0 Å². The maximum absolute atomic E-state index is 8.77. The minimum absolute atomic E-state index is 0.436. The van der Waals surface area contributed by atoms with Gasteiger partial charge in [-0.1, -0.05) is 30.3 Å². The largest absolute Gasteiger partial charge is 0.370 e. The second-order valence-electron chi connectivity index (χ2n) is 2.89. The normalized spacial score (nSPS) is 19.8. The quantitative estimate of drug-likeness (QED) is 0.727. The predicted octanol–water partition coefficient (Wildman–Crippen LogP) is 0.810. The summed E-state index contributed by atoms with van der Waals surface area (Å²) < 4.78 is 15.8. The lowest BCUT2D eigenvalue weighted by atomic mass is 10.2. The lowest BCUT2D eigenvalue weighted by molar-refractivity contribution is -0.361. The van der Waals surface area contributed by atoms with Crippen LogP contribution in [0.25, 0.3) is 0 Å². The zero-order valence-corrected chi connectivity index (χ0v) is 7.68. The van der Waals surface area contributed by atoms with E-state index in [4.69, 9.17) is 19.3 Å². The molecule has 0 saturated carbocycles. The van der Waals surface area contributed by atoms with Crippen LogP contribution >= 0.6 is 0 Å². The number of hydrogen-bond donors (Lipinski definition) is 1. The van der Waals surface area contributed by atoms with E-state index in [0.29, 0.717) is 13.2 Å². The Labute approximate surface area is 82.0 Å². The second-order valence-corrected chi connectivity index (χ2v) is 2.89. The van der Waals surface area contributed by atoms with Crippen LogP contribution in [0.15, 0.2) is 30.3 Å². The van der Waals surface area contributed by atoms with E-state index in [0.717, 1.165) is 5.56 Å². The van der Waals surface area contributed by atoms with Gasteiger partial charge in [-0.15, -0.1) is 0 Å². The average Bonchev–Trinajstić information content (AvgIpc) is 2.70. The van der Waals surface area contributed by atoms with Gasteiger partial charge in [-0.05, 0) is 0 Å². The Bertz CT molecular complexity index is 279. The molecule has 1 aliphatic heterocycles. The summed E-state index contributed by atoms with van der Waals surface area (Å²) in [5, 5.41) is 8.77. The second kappa shape index (κ2) is 4.06. The van der Waals surface area contributed by atoms with E-state index in [2.05, 4.69) is 0 Å². The molecular weight excluding hydrogens is 184 g/mol. The first-order chi connectivity index (χ1) is 6.87. The Morgan fingerprint density at radius 2 is 1.86 bits per heavy atom. The molecule has 1 aromatic carbocycles. The maximum atomic E-state index is 8.77. The van der Waals surface area contributed by atoms with Gasteiger partial charge in [0.2, 0.25) is 0 Å². The molecular formula is C10H12O4. The number of hydrogen-bond acceptors (Lipinski definition) is 4. The number of rotatable bonds is 3. The smallest absolute Gasteiger partial charge is 0.314 e. The minimum Gasteiger partial charge on any atom is -0.370 e. The van der Waals surface area contributed by atoms with Crippen LogP contribution in [-0.2, 0) is 20.2 Å². The van der Waals surface area contributed by atoms with Gasteiger partial charge in [-0.2, -0.15) is 0 Å². The standard InChI is InChI=1S/C10H12O4/c11-8-14-10(12-6-7-13-10)9-4-2-1-3-5-9/h1-5,11H,6-8H2. The maximum Gasteiger partial charge on any atom is 0.314 e. The molecule has 4 nitrogen and oxygen atoms in total. The van der Waals surface area contributed by atoms with Crippen LogP contribution in [0, 0.1) is 0 Å². The Balaban J connectivity index is 2.27. The van der Waals surface area contributed by atoms with Crippen LogP contribution in [-0.4, -0.2) is 25.1 Å². The Hall–Kier alpha value is -0.940. The van der Waals surface area contributed by atoms with Crippen LogP contribution in [0.1, 0.15) is 5.56 Å². The van der Waals surface area contributed by atoms with Gasteiger partial charge in [0.1, 0.15) is 6.79 Å². The van der Waals surface area contributed by atoms with Gasteiger partial charge in [0.25, 0.3) is 0 Å². The topological polar surface area (TPSA) is 47.9 Å². The fourth-order valence-corrected chi connectivity index (χ4v) is 1.45. The molecule has 1 aromatic rings. The minimum atomic E-state index is -1.21. The highest BCUT2D eigenvalue weighted by atomic mass is 16.9. The fraction of sp³-hybridized carbons (Fsp3) is 0.400. The van der Waals surface area contributed by atoms with Crippen molar-refractivity contribution in [1.82, 2.24) is 0 Å². The Kier molecular flexibility index (Phi) is 2.79. The molecule has 0 amide bonds. The van der Waals surface area contributed by atoms with Crippen LogP contribution in [0.4, 0.5) is 0 Å². The first kappa shape index (κ1) is 9.61. The number of aliphatic hydroxyl groups is 1. The van der Waals surface area contributed by atoms with Crippen LogP contribution in [0.5, 0.6) is 0 Å². The Morgan fingerprint density at radius 1 is 1.21 bits per heavy atom. The summed E-state index contributed by atoms with van der Waals surface area (Å²) in [4.78, 5) is 0. The molecule has 0 bridgehead atoms. The van der Waals surface area contributed by atoms with E-state index in [9.17, 15) is 0 Å². The highest BCUT2D eigenvalue weighted by Crippen LogP contribution is 2.32. The molecule has 0 spiro atoms. The van der Waals surface area contributed by atoms with E-state index in [1.54, 1.807) is 0 Å². The fourth-order valence-electron chi connectivity index (χ4n) is 1.45. The van der Waals surface area contributed by atoms with Crippen molar-refractivity contribution in [2.24, 2.45) is 0 Å². The first-order valence-corrected chi connectivity index (χ1v) is 4.46. The number of aliphatic hydroxyl groups excluding tert-OH is 1. The molecule has 14 heavy (non-hydrogen) atoms. The van der Waals surface area contributed by atoms with Crippen molar-refractivity contribution in [2.45, 2.75) is 5.97 Å². The third-order valence-corrected chi connectivity index (χ3v) is 2.05. The summed E-state index contributed by atoms with van der Waals surface area (Å²) in [5.41, 5.74) is 0.756. The third kappa shape index (κ3) is 1.65. The summed E-state index contributed by atoms with van der Waals surface area (Å²) in [7, 11) is 0. The monoisotopic (exact) mass is 196 g/mol. The summed E-state index contributed by atoms with van der Waals surface area (Å²) >= 11 is 0. The molecule has 0 unspecified atom stereocenters. The highest BCUT2D eigenvalue weighted by Gasteiger charge is 2.40. The summed E-state index contributed by atoms with van der Waals surface area (Å²) in [6.07, 6.45) is 0. The van der Waals surface area contributed by atoms with Crippen molar-refractivity contribution >= 4 is 0 Å². The molecule has 0 radical (unpaired) electrons. The van der Waals surface area contributed by atoms with Gasteiger partial charge in [0, 0.05) is 5.56 Å². The van der Waals surface area contributed by atoms with Gasteiger partial charge < -0.3 is 14.6 Å². The summed E-state index contributed by atoms with van der Waals surface area (Å²) in [6.45, 7) is 0.499. The molecule has 1 aliphatic rings. The van der Waals surface area contributed by atoms with Crippen molar-refractivity contribution < 1.29 is 19.3 Å². The number of benzene rings is 1. The highest BCUT2D eigenvalue weighted by molar-refractivity contribution is 5.18. The van der Waals surface area contributed by atoms with Gasteiger partial charge in [-0.3, -0.25) is 4.74 Å². The summed E-state index contributed by atoms with van der Waals surface area (Å²) in [5.74, 6) is -1.21. The van der Waals surface area contributed by atoms with E-state index in [-0.39, 0.29) is 0 Å². The molecule has 2 rings (SSSR count). The van der Waals surface area contributed by atoms with Gasteiger partial charge in [0.05, 0.1) is 13.2 Å². The zero-order chi connectivity index (χ0) is 9.86. The lowest BCUT2D eigenvalue weighted by Crippen LogP contribution is -2.31. The van der Waals surface area contributed by atoms with Gasteiger partial charge >= 0.3 is 5.97 Å². The van der Waals surface area contributed by atoms with E-state index >= 15 is 0 Å². The third-order valence-electron chi connectivity index (χ3n) is 2.05. The van der Waals surface area contributed by atoms with Crippen LogP contribution < -0.4 is 0 Å². The van der Waals surface area contributed by atoms with Crippen molar-refractivity contribution in [2.75, 3.05) is 20.0 Å². The average molecular weight is 196 g/mol. The molecule has 76 valence electrons. The first-order valence-electron chi connectivity index (χ1n) is 4.46. The Morgan fingerprint density at radius 3 is 2.43 bits per heavy atom. The lowest BCUT2D eigenvalue weighted by Gasteiger charge is -2.25. The number of ether oxygens (including phenoxy) is 3. The van der Waals surface area contributed by atoms with Gasteiger partial charge in [0.15, 0.2) is 0 Å². The molecule has 1 fully saturated rings. The van der Waals surface area contributed by atoms with Crippen molar-refractivity contribution in [1.29, 1.82) is 0 Å². The molecule has 4 heteroatoms. The van der Waals surface area contributed by atoms with Crippen molar-refractivity contribution in [3.8, 4) is 0 Å². The van der Waals surface area contributed by atoms with Crippen LogP contribution in [0.3, 0.4) is 0 Å².